The maximum atomic E-state index is 12.4. The van der Waals surface area contributed by atoms with Crippen LogP contribution in [0.2, 0.25) is 0 Å². The van der Waals surface area contributed by atoms with E-state index in [0.717, 1.165) is 0 Å². The van der Waals surface area contributed by atoms with Gasteiger partial charge in [-0.05, 0) is 32.3 Å². The summed E-state index contributed by atoms with van der Waals surface area (Å²) < 4.78 is 23.1. The summed E-state index contributed by atoms with van der Waals surface area (Å²) in [4.78, 5) is 0. The fourth-order valence-corrected chi connectivity index (χ4v) is 3.91. The molecule has 4 heteroatoms. The van der Waals surface area contributed by atoms with E-state index in [-0.39, 0.29) is 5.92 Å². The average molecular weight is 270 g/mol. The molecule has 0 aliphatic carbocycles. The maximum Gasteiger partial charge on any atom is 0.331 e. The van der Waals surface area contributed by atoms with Crippen molar-refractivity contribution < 1.29 is 13.6 Å². The monoisotopic (exact) mass is 270 g/mol. The van der Waals surface area contributed by atoms with Gasteiger partial charge in [0.15, 0.2) is 0 Å². The highest BCUT2D eigenvalue weighted by molar-refractivity contribution is 7.53. The van der Waals surface area contributed by atoms with E-state index in [9.17, 15) is 4.57 Å². The van der Waals surface area contributed by atoms with E-state index in [1.165, 1.54) is 11.1 Å². The second-order valence-corrected chi connectivity index (χ2v) is 6.55. The van der Waals surface area contributed by atoms with Gasteiger partial charge in [0, 0.05) is 0 Å². The summed E-state index contributed by atoms with van der Waals surface area (Å²) in [5.74, 6) is 0.161. The largest absolute Gasteiger partial charge is 0.331 e. The molecule has 0 aliphatic heterocycles. The van der Waals surface area contributed by atoms with Crippen molar-refractivity contribution in [3.63, 3.8) is 0 Å². The Bertz CT molecular complexity index is 407. The molecule has 102 valence electrons. The van der Waals surface area contributed by atoms with Gasteiger partial charge in [-0.15, -0.1) is 0 Å². The lowest BCUT2D eigenvalue weighted by molar-refractivity contribution is 0.219. The molecule has 1 rings (SSSR count). The minimum atomic E-state index is -2.96. The highest BCUT2D eigenvalue weighted by atomic mass is 31.2. The topological polar surface area (TPSA) is 35.5 Å². The Morgan fingerprint density at radius 3 is 2.33 bits per heavy atom. The van der Waals surface area contributed by atoms with Gasteiger partial charge in [-0.1, -0.05) is 36.8 Å². The number of aryl methyl sites for hydroxylation is 1. The van der Waals surface area contributed by atoms with Crippen LogP contribution in [0.15, 0.2) is 24.3 Å². The molecule has 0 saturated heterocycles. The smallest absolute Gasteiger partial charge is 0.309 e. The van der Waals surface area contributed by atoms with Crippen LogP contribution in [0.4, 0.5) is 0 Å². The highest BCUT2D eigenvalue weighted by Gasteiger charge is 2.27. The van der Waals surface area contributed by atoms with Crippen LogP contribution in [0.25, 0.3) is 0 Å². The van der Waals surface area contributed by atoms with Gasteiger partial charge in [-0.3, -0.25) is 4.57 Å². The fraction of sp³-hybridized carbons (Fsp3) is 0.571. The summed E-state index contributed by atoms with van der Waals surface area (Å²) >= 11 is 0. The second kappa shape index (κ2) is 7.08. The van der Waals surface area contributed by atoms with Gasteiger partial charge in [0.1, 0.15) is 0 Å². The van der Waals surface area contributed by atoms with Gasteiger partial charge in [-0.25, -0.2) is 0 Å². The van der Waals surface area contributed by atoms with Crippen molar-refractivity contribution in [3.05, 3.63) is 35.4 Å². The van der Waals surface area contributed by atoms with Crippen molar-refractivity contribution in [1.29, 1.82) is 0 Å². The standard InChI is InChI=1S/C14H23O3P/c1-5-16-18(15,17-6-2)11-13(4)14-9-7-8-12(3)10-14/h7-10,13H,5-6,11H2,1-4H3/t13-/m1/s1. The summed E-state index contributed by atoms with van der Waals surface area (Å²) in [6, 6.07) is 8.25. The van der Waals surface area contributed by atoms with E-state index in [1.54, 1.807) is 0 Å². The van der Waals surface area contributed by atoms with Gasteiger partial charge in [0.05, 0.1) is 19.4 Å². The molecule has 0 bridgehead atoms. The minimum Gasteiger partial charge on any atom is -0.309 e. The molecule has 0 fully saturated rings. The molecule has 3 nitrogen and oxygen atoms in total. The normalized spacial score (nSPS) is 13.6. The number of benzene rings is 1. The number of rotatable bonds is 7. The van der Waals surface area contributed by atoms with Crippen molar-refractivity contribution in [1.82, 2.24) is 0 Å². The third-order valence-corrected chi connectivity index (χ3v) is 5.06. The molecule has 0 unspecified atom stereocenters. The highest BCUT2D eigenvalue weighted by Crippen LogP contribution is 2.51. The molecule has 0 N–H and O–H groups in total. The Hall–Kier alpha value is -0.630. The van der Waals surface area contributed by atoms with Crippen molar-refractivity contribution in [2.45, 2.75) is 33.6 Å². The molecule has 0 aliphatic rings. The predicted octanol–water partition coefficient (Wildman–Crippen LogP) is 4.36. The Morgan fingerprint density at radius 1 is 1.22 bits per heavy atom. The molecule has 1 aromatic carbocycles. The lowest BCUT2D eigenvalue weighted by Crippen LogP contribution is -2.06. The first-order valence-corrected chi connectivity index (χ1v) is 8.18. The van der Waals surface area contributed by atoms with E-state index in [2.05, 4.69) is 32.0 Å². The van der Waals surface area contributed by atoms with Crippen LogP contribution in [0, 0.1) is 6.92 Å². The molecular weight excluding hydrogens is 247 g/mol. The van der Waals surface area contributed by atoms with Gasteiger partial charge >= 0.3 is 7.60 Å². The van der Waals surface area contributed by atoms with Crippen LogP contribution in [0.3, 0.4) is 0 Å². The van der Waals surface area contributed by atoms with Gasteiger partial charge in [0.25, 0.3) is 0 Å². The molecule has 1 aromatic rings. The minimum absolute atomic E-state index is 0.161. The zero-order valence-corrected chi connectivity index (χ0v) is 12.6. The first-order valence-electron chi connectivity index (χ1n) is 6.45. The van der Waals surface area contributed by atoms with Crippen LogP contribution in [-0.2, 0) is 13.6 Å². The Balaban J connectivity index is 2.78. The molecule has 0 amide bonds. The van der Waals surface area contributed by atoms with E-state index in [0.29, 0.717) is 19.4 Å². The molecule has 0 heterocycles. The van der Waals surface area contributed by atoms with Crippen LogP contribution in [-0.4, -0.2) is 19.4 Å². The van der Waals surface area contributed by atoms with Crippen LogP contribution in [0.5, 0.6) is 0 Å². The molecule has 0 saturated carbocycles. The van der Waals surface area contributed by atoms with Crippen molar-refractivity contribution in [2.24, 2.45) is 0 Å². The van der Waals surface area contributed by atoms with Gasteiger partial charge in [-0.2, -0.15) is 0 Å². The molecule has 0 aromatic heterocycles. The molecule has 18 heavy (non-hydrogen) atoms. The summed E-state index contributed by atoms with van der Waals surface area (Å²) in [7, 11) is -2.96. The van der Waals surface area contributed by atoms with Crippen molar-refractivity contribution >= 4 is 7.60 Å². The Kier molecular flexibility index (Phi) is 6.07. The molecular formula is C14H23O3P. The van der Waals surface area contributed by atoms with Gasteiger partial charge in [0.2, 0.25) is 0 Å². The zero-order valence-electron chi connectivity index (χ0n) is 11.7. The second-order valence-electron chi connectivity index (χ2n) is 4.44. The van der Waals surface area contributed by atoms with Crippen molar-refractivity contribution in [3.8, 4) is 0 Å². The SMILES string of the molecule is CCOP(=O)(C[C@@H](C)c1cccc(C)c1)OCC. The van der Waals surface area contributed by atoms with Crippen LogP contribution in [0.1, 0.15) is 37.8 Å². The van der Waals surface area contributed by atoms with Crippen LogP contribution >= 0.6 is 7.60 Å². The number of hydrogen-bond acceptors (Lipinski definition) is 3. The number of hydrogen-bond donors (Lipinski definition) is 0. The van der Waals surface area contributed by atoms with Crippen LogP contribution < -0.4 is 0 Å². The summed E-state index contributed by atoms with van der Waals surface area (Å²) in [5, 5.41) is 0. The maximum absolute atomic E-state index is 12.4. The third-order valence-electron chi connectivity index (χ3n) is 2.76. The van der Waals surface area contributed by atoms with E-state index in [4.69, 9.17) is 9.05 Å². The Labute approximate surface area is 110 Å². The molecule has 1 atom stereocenters. The fourth-order valence-electron chi connectivity index (χ4n) is 1.95. The quantitative estimate of drug-likeness (QED) is 0.690. The van der Waals surface area contributed by atoms with Gasteiger partial charge < -0.3 is 9.05 Å². The van der Waals surface area contributed by atoms with Crippen molar-refractivity contribution in [2.75, 3.05) is 19.4 Å². The third kappa shape index (κ3) is 4.56. The lowest BCUT2D eigenvalue weighted by Gasteiger charge is -2.21. The van der Waals surface area contributed by atoms with E-state index >= 15 is 0 Å². The summed E-state index contributed by atoms with van der Waals surface area (Å²) in [5.41, 5.74) is 2.39. The predicted molar refractivity (Wildman–Crippen MR) is 75.3 cm³/mol. The Morgan fingerprint density at radius 2 is 1.83 bits per heavy atom. The summed E-state index contributed by atoms with van der Waals surface area (Å²) in [6.07, 6.45) is 0.429. The average Bonchev–Trinajstić information content (AvgIpc) is 2.29. The molecule has 0 radical (unpaired) electrons. The van der Waals surface area contributed by atoms with E-state index in [1.807, 2.05) is 19.9 Å². The first-order chi connectivity index (χ1) is 8.50. The molecule has 0 spiro atoms. The first kappa shape index (κ1) is 15.4. The van der Waals surface area contributed by atoms with E-state index < -0.39 is 7.60 Å². The summed E-state index contributed by atoms with van der Waals surface area (Å²) in [6.45, 7) is 8.61. The zero-order chi connectivity index (χ0) is 13.6. The lowest BCUT2D eigenvalue weighted by atomic mass is 10.0.